The quantitative estimate of drug-likeness (QED) is 0.595. The summed E-state index contributed by atoms with van der Waals surface area (Å²) in [5.41, 5.74) is 4.08. The van der Waals surface area contributed by atoms with E-state index in [4.69, 9.17) is 0 Å². The van der Waals surface area contributed by atoms with Crippen LogP contribution in [0.3, 0.4) is 0 Å². The molecule has 0 unspecified atom stereocenters. The maximum atomic E-state index is 14.4. The zero-order valence-corrected chi connectivity index (χ0v) is 20.0. The SMILES string of the molecule is Cc1ccc2c(N3CCN(CCc4cc(NC(=O)C(C)(C)C)ccc4F)CC3)cccc2n1. The molecule has 0 spiro atoms. The number of carbonyl (C=O) groups is 1. The molecule has 174 valence electrons. The number of hydrogen-bond acceptors (Lipinski definition) is 4. The van der Waals surface area contributed by atoms with Gasteiger partial charge in [0, 0.05) is 60.6 Å². The van der Waals surface area contributed by atoms with E-state index in [1.54, 1.807) is 12.1 Å². The van der Waals surface area contributed by atoms with E-state index < -0.39 is 5.41 Å². The highest BCUT2D eigenvalue weighted by Crippen LogP contribution is 2.27. The molecule has 0 bridgehead atoms. The van der Waals surface area contributed by atoms with Crippen LogP contribution in [-0.4, -0.2) is 48.5 Å². The number of rotatable bonds is 5. The van der Waals surface area contributed by atoms with Gasteiger partial charge in [0.15, 0.2) is 0 Å². The number of nitrogens with zero attached hydrogens (tertiary/aromatic N) is 3. The van der Waals surface area contributed by atoms with Gasteiger partial charge in [0.1, 0.15) is 5.82 Å². The first-order valence-electron chi connectivity index (χ1n) is 11.6. The van der Waals surface area contributed by atoms with Crippen molar-refractivity contribution in [2.75, 3.05) is 42.9 Å². The van der Waals surface area contributed by atoms with E-state index in [0.717, 1.165) is 43.9 Å². The first-order chi connectivity index (χ1) is 15.7. The fourth-order valence-electron chi connectivity index (χ4n) is 4.17. The van der Waals surface area contributed by atoms with Gasteiger partial charge >= 0.3 is 0 Å². The smallest absolute Gasteiger partial charge is 0.229 e. The third-order valence-corrected chi connectivity index (χ3v) is 6.24. The number of carbonyl (C=O) groups excluding carboxylic acids is 1. The molecule has 1 N–H and O–H groups in total. The van der Waals surface area contributed by atoms with Crippen molar-refractivity contribution < 1.29 is 9.18 Å². The number of amides is 1. The Balaban J connectivity index is 1.36. The number of piperazine rings is 1. The molecule has 4 rings (SSSR count). The van der Waals surface area contributed by atoms with Crippen LogP contribution in [0.4, 0.5) is 15.8 Å². The van der Waals surface area contributed by atoms with Crippen molar-refractivity contribution in [1.82, 2.24) is 9.88 Å². The summed E-state index contributed by atoms with van der Waals surface area (Å²) in [4.78, 5) is 21.7. The molecule has 0 saturated carbocycles. The molecule has 1 aromatic heterocycles. The zero-order chi connectivity index (χ0) is 23.6. The normalized spacial score (nSPS) is 15.1. The van der Waals surface area contributed by atoms with Gasteiger partial charge in [-0.25, -0.2) is 4.39 Å². The summed E-state index contributed by atoms with van der Waals surface area (Å²) in [7, 11) is 0. The largest absolute Gasteiger partial charge is 0.368 e. The Morgan fingerprint density at radius 2 is 1.82 bits per heavy atom. The summed E-state index contributed by atoms with van der Waals surface area (Å²) in [6.45, 7) is 12.1. The highest BCUT2D eigenvalue weighted by Gasteiger charge is 2.22. The van der Waals surface area contributed by atoms with Gasteiger partial charge in [-0.3, -0.25) is 14.7 Å². The lowest BCUT2D eigenvalue weighted by molar-refractivity contribution is -0.123. The molecule has 3 aromatic rings. The molecular formula is C27H33FN4O. The standard InChI is InChI=1S/C27H33FN4O/c1-19-8-10-22-24(29-19)6-5-7-25(22)32-16-14-31(15-17-32)13-12-20-18-21(9-11-23(20)28)30-26(33)27(2,3)4/h5-11,18H,12-17H2,1-4H3,(H,30,33). The number of aromatic nitrogens is 1. The topological polar surface area (TPSA) is 48.5 Å². The molecule has 1 aliphatic heterocycles. The van der Waals surface area contributed by atoms with Crippen LogP contribution in [0.25, 0.3) is 10.9 Å². The molecule has 0 radical (unpaired) electrons. The van der Waals surface area contributed by atoms with Gasteiger partial charge in [0.25, 0.3) is 0 Å². The van der Waals surface area contributed by atoms with Gasteiger partial charge in [0.2, 0.25) is 5.91 Å². The number of anilines is 2. The van der Waals surface area contributed by atoms with Crippen LogP contribution in [-0.2, 0) is 11.2 Å². The Bertz CT molecular complexity index is 1150. The van der Waals surface area contributed by atoms with Crippen molar-refractivity contribution in [2.24, 2.45) is 5.41 Å². The van der Waals surface area contributed by atoms with Crippen LogP contribution in [0.2, 0.25) is 0 Å². The van der Waals surface area contributed by atoms with Gasteiger partial charge in [-0.15, -0.1) is 0 Å². The van der Waals surface area contributed by atoms with Gasteiger partial charge in [-0.05, 0) is 61.4 Å². The maximum absolute atomic E-state index is 14.4. The van der Waals surface area contributed by atoms with Gasteiger partial charge in [0.05, 0.1) is 5.52 Å². The summed E-state index contributed by atoms with van der Waals surface area (Å²) < 4.78 is 14.4. The number of pyridine rings is 1. The van der Waals surface area contributed by atoms with E-state index in [2.05, 4.69) is 50.4 Å². The van der Waals surface area contributed by atoms with E-state index in [1.165, 1.54) is 17.1 Å². The van der Waals surface area contributed by atoms with Crippen LogP contribution in [0, 0.1) is 18.2 Å². The molecule has 1 fully saturated rings. The molecule has 1 aliphatic rings. The lowest BCUT2D eigenvalue weighted by atomic mass is 9.95. The lowest BCUT2D eigenvalue weighted by Crippen LogP contribution is -2.47. The van der Waals surface area contributed by atoms with E-state index in [0.29, 0.717) is 17.7 Å². The van der Waals surface area contributed by atoms with Crippen molar-refractivity contribution in [3.63, 3.8) is 0 Å². The molecule has 0 aliphatic carbocycles. The summed E-state index contributed by atoms with van der Waals surface area (Å²) >= 11 is 0. The molecule has 5 nitrogen and oxygen atoms in total. The van der Waals surface area contributed by atoms with Crippen molar-refractivity contribution in [2.45, 2.75) is 34.1 Å². The molecule has 33 heavy (non-hydrogen) atoms. The Morgan fingerprint density at radius 1 is 1.06 bits per heavy atom. The van der Waals surface area contributed by atoms with Crippen LogP contribution >= 0.6 is 0 Å². The van der Waals surface area contributed by atoms with E-state index in [-0.39, 0.29) is 11.7 Å². The third kappa shape index (κ3) is 5.50. The Kier molecular flexibility index (Phi) is 6.66. The van der Waals surface area contributed by atoms with E-state index in [9.17, 15) is 9.18 Å². The predicted octanol–water partition coefficient (Wildman–Crippen LogP) is 5.03. The maximum Gasteiger partial charge on any atom is 0.229 e. The van der Waals surface area contributed by atoms with Crippen molar-refractivity contribution in [1.29, 1.82) is 0 Å². The highest BCUT2D eigenvalue weighted by molar-refractivity contribution is 5.94. The molecule has 1 saturated heterocycles. The third-order valence-electron chi connectivity index (χ3n) is 6.24. The summed E-state index contributed by atoms with van der Waals surface area (Å²) in [5.74, 6) is -0.295. The minimum Gasteiger partial charge on any atom is -0.368 e. The summed E-state index contributed by atoms with van der Waals surface area (Å²) in [6, 6.07) is 15.4. The first kappa shape index (κ1) is 23.2. The summed E-state index contributed by atoms with van der Waals surface area (Å²) in [5, 5.41) is 4.09. The van der Waals surface area contributed by atoms with Crippen LogP contribution in [0.5, 0.6) is 0 Å². The number of fused-ring (bicyclic) bond motifs is 1. The minimum atomic E-state index is -0.493. The van der Waals surface area contributed by atoms with Crippen LogP contribution < -0.4 is 10.2 Å². The average molecular weight is 449 g/mol. The highest BCUT2D eigenvalue weighted by atomic mass is 19.1. The van der Waals surface area contributed by atoms with E-state index in [1.807, 2.05) is 27.7 Å². The summed E-state index contributed by atoms with van der Waals surface area (Å²) in [6.07, 6.45) is 0.614. The Morgan fingerprint density at radius 3 is 2.55 bits per heavy atom. The number of hydrogen-bond donors (Lipinski definition) is 1. The second-order valence-corrected chi connectivity index (χ2v) is 9.89. The number of nitrogens with one attached hydrogen (secondary N) is 1. The lowest BCUT2D eigenvalue weighted by Gasteiger charge is -2.36. The van der Waals surface area contributed by atoms with Crippen LogP contribution in [0.1, 0.15) is 32.0 Å². The minimum absolute atomic E-state index is 0.0741. The molecule has 6 heteroatoms. The fourth-order valence-corrected chi connectivity index (χ4v) is 4.17. The molecular weight excluding hydrogens is 415 g/mol. The average Bonchev–Trinajstić information content (AvgIpc) is 2.78. The Hall–Kier alpha value is -2.99. The van der Waals surface area contributed by atoms with Crippen molar-refractivity contribution >= 4 is 28.2 Å². The second-order valence-electron chi connectivity index (χ2n) is 9.89. The van der Waals surface area contributed by atoms with Gasteiger partial charge in [-0.1, -0.05) is 26.8 Å². The number of aryl methyl sites for hydroxylation is 1. The van der Waals surface area contributed by atoms with E-state index >= 15 is 0 Å². The number of halogens is 1. The molecule has 2 aromatic carbocycles. The molecule has 2 heterocycles. The van der Waals surface area contributed by atoms with Gasteiger partial charge < -0.3 is 10.2 Å². The monoisotopic (exact) mass is 448 g/mol. The van der Waals surface area contributed by atoms with Crippen molar-refractivity contribution in [3.8, 4) is 0 Å². The predicted molar refractivity (Wildman–Crippen MR) is 133 cm³/mol. The van der Waals surface area contributed by atoms with Gasteiger partial charge in [-0.2, -0.15) is 0 Å². The second kappa shape index (κ2) is 9.48. The van der Waals surface area contributed by atoms with Crippen molar-refractivity contribution in [3.05, 3.63) is 65.6 Å². The first-order valence-corrected chi connectivity index (χ1v) is 11.6. The number of benzene rings is 2. The zero-order valence-electron chi connectivity index (χ0n) is 20.0. The molecule has 1 amide bonds. The molecule has 0 atom stereocenters. The fraction of sp³-hybridized carbons (Fsp3) is 0.407. The van der Waals surface area contributed by atoms with Crippen LogP contribution in [0.15, 0.2) is 48.5 Å². The Labute approximate surface area is 195 Å².